The fourth-order valence-corrected chi connectivity index (χ4v) is 3.76. The number of pyridine rings is 1. The zero-order valence-corrected chi connectivity index (χ0v) is 15.8. The van der Waals surface area contributed by atoms with Gasteiger partial charge in [-0.05, 0) is 68.4 Å². The molecule has 0 spiro atoms. The molecule has 3 unspecified atom stereocenters. The van der Waals surface area contributed by atoms with E-state index >= 15 is 0 Å². The molecule has 1 aliphatic carbocycles. The molecule has 1 heterocycles. The van der Waals surface area contributed by atoms with E-state index in [1.807, 2.05) is 12.3 Å². The van der Waals surface area contributed by atoms with Crippen LogP contribution < -0.4 is 15.4 Å². The van der Waals surface area contributed by atoms with Crippen LogP contribution in [0.4, 0.5) is 10.2 Å². The van der Waals surface area contributed by atoms with Crippen molar-refractivity contribution >= 4 is 5.82 Å². The number of hydrogen-bond donors (Lipinski definition) is 2. The van der Waals surface area contributed by atoms with Gasteiger partial charge in [-0.25, -0.2) is 9.37 Å². The Kier molecular flexibility index (Phi) is 6.09. The van der Waals surface area contributed by atoms with Gasteiger partial charge in [-0.15, -0.1) is 0 Å². The van der Waals surface area contributed by atoms with Gasteiger partial charge < -0.3 is 15.4 Å². The molecule has 1 aromatic heterocycles. The summed E-state index contributed by atoms with van der Waals surface area (Å²) in [6.45, 7) is 5.07. The van der Waals surface area contributed by atoms with E-state index in [1.165, 1.54) is 25.2 Å². The first-order chi connectivity index (χ1) is 12.6. The molecule has 140 valence electrons. The number of nitrogens with zero attached hydrogens (tertiary/aromatic N) is 1. The molecule has 1 aromatic carbocycles. The quantitative estimate of drug-likeness (QED) is 0.757. The maximum absolute atomic E-state index is 13.6. The summed E-state index contributed by atoms with van der Waals surface area (Å²) in [6, 6.07) is 9.94. The molecule has 2 aromatic rings. The van der Waals surface area contributed by atoms with Crippen LogP contribution in [-0.2, 0) is 0 Å². The normalized spacial score (nSPS) is 20.8. The highest BCUT2D eigenvalue weighted by Crippen LogP contribution is 2.35. The lowest BCUT2D eigenvalue weighted by atomic mass is 9.99. The third-order valence-electron chi connectivity index (χ3n) is 5.21. The van der Waals surface area contributed by atoms with Crippen molar-refractivity contribution in [1.29, 1.82) is 0 Å². The summed E-state index contributed by atoms with van der Waals surface area (Å²) in [5.41, 5.74) is 2.36. The average molecular weight is 357 g/mol. The van der Waals surface area contributed by atoms with E-state index in [4.69, 9.17) is 4.74 Å². The van der Waals surface area contributed by atoms with Gasteiger partial charge in [-0.2, -0.15) is 0 Å². The van der Waals surface area contributed by atoms with Crippen molar-refractivity contribution in [2.24, 2.45) is 0 Å². The lowest BCUT2D eigenvalue weighted by molar-refractivity contribution is 0.384. The second kappa shape index (κ2) is 8.49. The van der Waals surface area contributed by atoms with Gasteiger partial charge >= 0.3 is 0 Å². The Morgan fingerprint density at radius 3 is 2.81 bits per heavy atom. The van der Waals surface area contributed by atoms with Crippen molar-refractivity contribution in [3.05, 3.63) is 53.5 Å². The number of hydrogen-bond acceptors (Lipinski definition) is 4. The third-order valence-corrected chi connectivity index (χ3v) is 5.21. The Hall–Kier alpha value is -2.14. The summed E-state index contributed by atoms with van der Waals surface area (Å²) in [6.07, 6.45) is 5.41. The van der Waals surface area contributed by atoms with E-state index in [0.717, 1.165) is 30.8 Å². The largest absolute Gasteiger partial charge is 0.494 e. The zero-order chi connectivity index (χ0) is 18.5. The van der Waals surface area contributed by atoms with Crippen molar-refractivity contribution in [3.63, 3.8) is 0 Å². The first-order valence-corrected chi connectivity index (χ1v) is 9.40. The van der Waals surface area contributed by atoms with Crippen LogP contribution in [0.3, 0.4) is 0 Å². The molecule has 0 aliphatic heterocycles. The lowest BCUT2D eigenvalue weighted by Crippen LogP contribution is -2.29. The van der Waals surface area contributed by atoms with E-state index < -0.39 is 0 Å². The second-order valence-corrected chi connectivity index (χ2v) is 7.00. The van der Waals surface area contributed by atoms with Crippen molar-refractivity contribution < 1.29 is 9.13 Å². The summed E-state index contributed by atoms with van der Waals surface area (Å²) in [7, 11) is 1.50. The number of rotatable bonds is 7. The fourth-order valence-electron chi connectivity index (χ4n) is 3.76. The zero-order valence-electron chi connectivity index (χ0n) is 15.8. The molecule has 4 nitrogen and oxygen atoms in total. The molecule has 1 saturated carbocycles. The predicted octanol–water partition coefficient (Wildman–Crippen LogP) is 4.65. The number of anilines is 1. The number of aromatic nitrogens is 1. The Morgan fingerprint density at radius 2 is 2.12 bits per heavy atom. The van der Waals surface area contributed by atoms with Gasteiger partial charge in [0.2, 0.25) is 0 Å². The fraction of sp³-hybridized carbons (Fsp3) is 0.476. The van der Waals surface area contributed by atoms with Crippen LogP contribution in [0.15, 0.2) is 36.5 Å². The molecule has 0 amide bonds. The summed E-state index contributed by atoms with van der Waals surface area (Å²) in [4.78, 5) is 4.49. The van der Waals surface area contributed by atoms with Crippen molar-refractivity contribution in [2.75, 3.05) is 19.0 Å². The van der Waals surface area contributed by atoms with Gasteiger partial charge in [0.05, 0.1) is 7.11 Å². The molecule has 1 fully saturated rings. The van der Waals surface area contributed by atoms with E-state index in [2.05, 4.69) is 41.6 Å². The Morgan fingerprint density at radius 1 is 1.27 bits per heavy atom. The third kappa shape index (κ3) is 4.33. The molecule has 0 bridgehead atoms. The Labute approximate surface area is 155 Å². The first-order valence-electron chi connectivity index (χ1n) is 9.40. The van der Waals surface area contributed by atoms with Gasteiger partial charge in [-0.1, -0.05) is 12.1 Å². The van der Waals surface area contributed by atoms with Crippen LogP contribution in [0.1, 0.15) is 56.2 Å². The van der Waals surface area contributed by atoms with E-state index in [0.29, 0.717) is 17.7 Å². The first kappa shape index (κ1) is 18.6. The molecule has 2 N–H and O–H groups in total. The minimum Gasteiger partial charge on any atom is -0.494 e. The predicted molar refractivity (Wildman–Crippen MR) is 103 cm³/mol. The summed E-state index contributed by atoms with van der Waals surface area (Å²) in [5, 5.41) is 6.92. The van der Waals surface area contributed by atoms with Crippen LogP contribution in [-0.4, -0.2) is 24.7 Å². The van der Waals surface area contributed by atoms with Crippen LogP contribution in [0.25, 0.3) is 0 Å². The number of ether oxygens (including phenoxy) is 1. The lowest BCUT2D eigenvalue weighted by Gasteiger charge is -2.21. The minimum atomic E-state index is -0.321. The van der Waals surface area contributed by atoms with Gasteiger partial charge in [-0.3, -0.25) is 0 Å². The maximum Gasteiger partial charge on any atom is 0.165 e. The number of halogens is 1. The van der Waals surface area contributed by atoms with Crippen LogP contribution in [0.5, 0.6) is 5.75 Å². The number of benzene rings is 1. The molecular weight excluding hydrogens is 329 g/mol. The van der Waals surface area contributed by atoms with Crippen molar-refractivity contribution in [1.82, 2.24) is 10.3 Å². The molecule has 0 saturated heterocycles. The van der Waals surface area contributed by atoms with Gasteiger partial charge in [0.25, 0.3) is 0 Å². The van der Waals surface area contributed by atoms with Gasteiger partial charge in [0.1, 0.15) is 5.82 Å². The van der Waals surface area contributed by atoms with Crippen molar-refractivity contribution in [2.45, 2.75) is 51.1 Å². The standard InChI is InChI=1S/C21H28FN3O/c1-4-23-21-10-7-17(13-24-21)16-5-8-18(11-16)25-14(2)15-6-9-19(22)20(12-15)26-3/h6-7,9-10,12-14,16,18,25H,4-5,8,11H2,1-3H3,(H,23,24). The number of methoxy groups -OCH3 is 1. The molecular formula is C21H28FN3O. The van der Waals surface area contributed by atoms with Gasteiger partial charge in [0, 0.05) is 24.8 Å². The van der Waals surface area contributed by atoms with Crippen LogP contribution in [0.2, 0.25) is 0 Å². The van der Waals surface area contributed by atoms with E-state index in [-0.39, 0.29) is 11.9 Å². The SMILES string of the molecule is CCNc1ccc(C2CCC(NC(C)c3ccc(F)c(OC)c3)C2)cn1. The summed E-state index contributed by atoms with van der Waals surface area (Å²) in [5.74, 6) is 1.46. The molecule has 1 aliphatic rings. The highest BCUT2D eigenvalue weighted by molar-refractivity contribution is 5.36. The number of nitrogens with one attached hydrogen (secondary N) is 2. The van der Waals surface area contributed by atoms with E-state index in [9.17, 15) is 4.39 Å². The maximum atomic E-state index is 13.6. The Balaban J connectivity index is 1.58. The van der Waals surface area contributed by atoms with Crippen molar-refractivity contribution in [3.8, 4) is 5.75 Å². The minimum absolute atomic E-state index is 0.155. The molecule has 3 atom stereocenters. The second-order valence-electron chi connectivity index (χ2n) is 7.00. The highest BCUT2D eigenvalue weighted by Gasteiger charge is 2.27. The van der Waals surface area contributed by atoms with Gasteiger partial charge in [0.15, 0.2) is 11.6 Å². The monoisotopic (exact) mass is 357 g/mol. The molecule has 3 rings (SSSR count). The van der Waals surface area contributed by atoms with Crippen LogP contribution >= 0.6 is 0 Å². The Bertz CT molecular complexity index is 720. The summed E-state index contributed by atoms with van der Waals surface area (Å²) >= 11 is 0. The summed E-state index contributed by atoms with van der Waals surface area (Å²) < 4.78 is 18.7. The average Bonchev–Trinajstić information content (AvgIpc) is 3.11. The molecule has 5 heteroatoms. The van der Waals surface area contributed by atoms with E-state index in [1.54, 1.807) is 6.07 Å². The van der Waals surface area contributed by atoms with Crippen LogP contribution in [0, 0.1) is 5.82 Å². The highest BCUT2D eigenvalue weighted by atomic mass is 19.1. The molecule has 26 heavy (non-hydrogen) atoms. The smallest absolute Gasteiger partial charge is 0.165 e. The topological polar surface area (TPSA) is 46.2 Å². The molecule has 0 radical (unpaired) electrons.